The van der Waals surface area contributed by atoms with Gasteiger partial charge in [0.25, 0.3) is 5.91 Å². The average molecular weight is 332 g/mol. The molecule has 6 heteroatoms. The zero-order valence-corrected chi connectivity index (χ0v) is 13.3. The molecule has 0 aliphatic carbocycles. The van der Waals surface area contributed by atoms with Gasteiger partial charge >= 0.3 is 0 Å². The first-order valence-corrected chi connectivity index (χ1v) is 7.66. The van der Waals surface area contributed by atoms with E-state index in [-0.39, 0.29) is 11.8 Å². The number of carbonyl (C=O) groups is 2. The highest BCUT2D eigenvalue weighted by Gasteiger charge is 2.06. The Balaban J connectivity index is 1.57. The number of hydrogen-bond donors (Lipinski definition) is 2. The fourth-order valence-corrected chi connectivity index (χ4v) is 2.13. The van der Waals surface area contributed by atoms with Crippen LogP contribution >= 0.6 is 0 Å². The number of rotatable bonds is 5. The van der Waals surface area contributed by atoms with Crippen LogP contribution < -0.4 is 10.7 Å². The van der Waals surface area contributed by atoms with Gasteiger partial charge in [-0.1, -0.05) is 30.3 Å². The molecule has 0 aliphatic rings. The van der Waals surface area contributed by atoms with Crippen LogP contribution in [0.15, 0.2) is 79.1 Å². The van der Waals surface area contributed by atoms with Crippen molar-refractivity contribution in [2.75, 3.05) is 10.7 Å². The zero-order chi connectivity index (χ0) is 17.5. The minimum absolute atomic E-state index is 0.238. The summed E-state index contributed by atoms with van der Waals surface area (Å²) in [6.07, 6.45) is 6.41. The first-order valence-electron chi connectivity index (χ1n) is 7.66. The smallest absolute Gasteiger partial charge is 0.271 e. The molecule has 2 aromatic carbocycles. The summed E-state index contributed by atoms with van der Waals surface area (Å²) in [5, 5.41) is 6.65. The highest BCUT2D eigenvalue weighted by molar-refractivity contribution is 6.03. The van der Waals surface area contributed by atoms with Crippen LogP contribution in [0.4, 0.5) is 5.69 Å². The lowest BCUT2D eigenvalue weighted by molar-refractivity contribution is -0.111. The minimum Gasteiger partial charge on any atom is -0.323 e. The van der Waals surface area contributed by atoms with E-state index >= 15 is 0 Å². The van der Waals surface area contributed by atoms with Gasteiger partial charge in [-0.3, -0.25) is 9.59 Å². The third-order valence-electron chi connectivity index (χ3n) is 3.36. The SMILES string of the molecule is O=C(C=Cc1ccccc1)Nc1ccc(C(=O)Nn2cccn2)cc1. The Bertz CT molecular complexity index is 870. The van der Waals surface area contributed by atoms with Crippen LogP contribution in [-0.4, -0.2) is 21.7 Å². The number of anilines is 1. The third kappa shape index (κ3) is 4.65. The molecule has 0 radical (unpaired) electrons. The minimum atomic E-state index is -0.287. The molecule has 0 spiro atoms. The molecule has 3 aromatic rings. The van der Waals surface area contributed by atoms with E-state index in [1.165, 1.54) is 10.9 Å². The van der Waals surface area contributed by atoms with Crippen molar-refractivity contribution in [1.29, 1.82) is 0 Å². The molecule has 1 aromatic heterocycles. The number of carbonyl (C=O) groups excluding carboxylic acids is 2. The van der Waals surface area contributed by atoms with Gasteiger partial charge in [-0.15, -0.1) is 0 Å². The van der Waals surface area contributed by atoms with Gasteiger partial charge in [-0.25, -0.2) is 5.43 Å². The maximum absolute atomic E-state index is 12.0. The molecule has 1 heterocycles. The Morgan fingerprint density at radius 2 is 1.72 bits per heavy atom. The Kier molecular flexibility index (Phi) is 5.01. The lowest BCUT2D eigenvalue weighted by atomic mass is 10.2. The average Bonchev–Trinajstić information content (AvgIpc) is 3.14. The monoisotopic (exact) mass is 332 g/mol. The summed E-state index contributed by atoms with van der Waals surface area (Å²) in [5.41, 5.74) is 4.63. The van der Waals surface area contributed by atoms with Crippen LogP contribution in [0.1, 0.15) is 15.9 Å². The van der Waals surface area contributed by atoms with E-state index < -0.39 is 0 Å². The first kappa shape index (κ1) is 16.2. The normalized spacial score (nSPS) is 10.6. The topological polar surface area (TPSA) is 76.0 Å². The Morgan fingerprint density at radius 3 is 2.40 bits per heavy atom. The van der Waals surface area contributed by atoms with Crippen molar-refractivity contribution in [2.24, 2.45) is 0 Å². The lowest BCUT2D eigenvalue weighted by Gasteiger charge is -2.06. The molecule has 6 nitrogen and oxygen atoms in total. The summed E-state index contributed by atoms with van der Waals surface area (Å²) in [7, 11) is 0. The van der Waals surface area contributed by atoms with Gasteiger partial charge in [0.15, 0.2) is 0 Å². The maximum Gasteiger partial charge on any atom is 0.271 e. The predicted molar refractivity (Wildman–Crippen MR) is 96.5 cm³/mol. The fraction of sp³-hybridized carbons (Fsp3) is 0. The second kappa shape index (κ2) is 7.74. The summed E-state index contributed by atoms with van der Waals surface area (Å²) >= 11 is 0. The second-order valence-corrected chi connectivity index (χ2v) is 5.20. The fourth-order valence-electron chi connectivity index (χ4n) is 2.13. The van der Waals surface area contributed by atoms with E-state index in [9.17, 15) is 9.59 Å². The molecule has 0 fully saturated rings. The number of nitrogens with zero attached hydrogens (tertiary/aromatic N) is 2. The van der Waals surface area contributed by atoms with Crippen LogP contribution in [0.3, 0.4) is 0 Å². The number of hydrogen-bond acceptors (Lipinski definition) is 3. The number of benzene rings is 2. The maximum atomic E-state index is 12.0. The van der Waals surface area contributed by atoms with Crippen LogP contribution in [-0.2, 0) is 4.79 Å². The molecule has 2 N–H and O–H groups in total. The Labute approximate surface area is 144 Å². The molecule has 0 unspecified atom stereocenters. The number of aromatic nitrogens is 2. The van der Waals surface area contributed by atoms with E-state index in [1.54, 1.807) is 48.8 Å². The van der Waals surface area contributed by atoms with E-state index in [0.717, 1.165) is 5.56 Å². The van der Waals surface area contributed by atoms with Crippen molar-refractivity contribution in [1.82, 2.24) is 9.89 Å². The Morgan fingerprint density at radius 1 is 0.960 bits per heavy atom. The van der Waals surface area contributed by atoms with Crippen molar-refractivity contribution in [2.45, 2.75) is 0 Å². The van der Waals surface area contributed by atoms with Crippen LogP contribution in [0, 0.1) is 0 Å². The molecule has 2 amide bonds. The summed E-state index contributed by atoms with van der Waals surface area (Å²) in [5.74, 6) is -0.525. The molecular weight excluding hydrogens is 316 g/mol. The molecular formula is C19H16N4O2. The summed E-state index contributed by atoms with van der Waals surface area (Å²) < 4.78 is 0. The first-order chi connectivity index (χ1) is 12.2. The molecule has 0 aliphatic heterocycles. The highest BCUT2D eigenvalue weighted by atomic mass is 16.2. The van der Waals surface area contributed by atoms with Crippen molar-refractivity contribution in [3.63, 3.8) is 0 Å². The standard InChI is InChI=1S/C19H16N4O2/c24-18(12-7-15-5-2-1-3-6-15)21-17-10-8-16(9-11-17)19(25)22-23-14-4-13-20-23/h1-14H,(H,21,24)(H,22,25). The third-order valence-corrected chi connectivity index (χ3v) is 3.36. The summed E-state index contributed by atoms with van der Waals surface area (Å²) in [6.45, 7) is 0. The Hall–Kier alpha value is -3.67. The van der Waals surface area contributed by atoms with Gasteiger partial charge in [0.05, 0.1) is 6.20 Å². The zero-order valence-electron chi connectivity index (χ0n) is 13.3. The second-order valence-electron chi connectivity index (χ2n) is 5.20. The quantitative estimate of drug-likeness (QED) is 0.705. The van der Waals surface area contributed by atoms with Crippen molar-refractivity contribution in [3.8, 4) is 0 Å². The van der Waals surface area contributed by atoms with E-state index in [2.05, 4.69) is 15.8 Å². The molecule has 0 atom stereocenters. The van der Waals surface area contributed by atoms with Gasteiger partial charge in [0.1, 0.15) is 0 Å². The lowest BCUT2D eigenvalue weighted by Crippen LogP contribution is -2.23. The number of nitrogens with one attached hydrogen (secondary N) is 2. The van der Waals surface area contributed by atoms with Crippen LogP contribution in [0.2, 0.25) is 0 Å². The summed E-state index contributed by atoms with van der Waals surface area (Å²) in [4.78, 5) is 25.3. The van der Waals surface area contributed by atoms with Crippen LogP contribution in [0.5, 0.6) is 0 Å². The van der Waals surface area contributed by atoms with Crippen LogP contribution in [0.25, 0.3) is 6.08 Å². The van der Waals surface area contributed by atoms with E-state index in [4.69, 9.17) is 0 Å². The molecule has 0 saturated carbocycles. The van der Waals surface area contributed by atoms with Gasteiger partial charge in [0, 0.05) is 23.5 Å². The van der Waals surface area contributed by atoms with Gasteiger partial charge < -0.3 is 5.32 Å². The van der Waals surface area contributed by atoms with Gasteiger partial charge in [-0.2, -0.15) is 9.89 Å². The van der Waals surface area contributed by atoms with E-state index in [1.807, 2.05) is 30.3 Å². The number of amides is 2. The van der Waals surface area contributed by atoms with Gasteiger partial charge in [-0.05, 0) is 42.0 Å². The molecule has 0 saturated heterocycles. The van der Waals surface area contributed by atoms with Crippen molar-refractivity contribution < 1.29 is 9.59 Å². The molecule has 25 heavy (non-hydrogen) atoms. The molecule has 0 bridgehead atoms. The van der Waals surface area contributed by atoms with Crippen molar-refractivity contribution >= 4 is 23.6 Å². The molecule has 124 valence electrons. The van der Waals surface area contributed by atoms with E-state index in [0.29, 0.717) is 11.3 Å². The largest absolute Gasteiger partial charge is 0.323 e. The molecule has 3 rings (SSSR count). The highest BCUT2D eigenvalue weighted by Crippen LogP contribution is 2.10. The predicted octanol–water partition coefficient (Wildman–Crippen LogP) is 2.92. The summed E-state index contributed by atoms with van der Waals surface area (Å²) in [6, 6.07) is 17.9. The van der Waals surface area contributed by atoms with Crippen molar-refractivity contribution in [3.05, 3.63) is 90.3 Å². The van der Waals surface area contributed by atoms with Gasteiger partial charge in [0.2, 0.25) is 5.91 Å².